The summed E-state index contributed by atoms with van der Waals surface area (Å²) in [4.78, 5) is 32.8. The zero-order valence-corrected chi connectivity index (χ0v) is 28.4. The average Bonchev–Trinajstić information content (AvgIpc) is 3.08. The lowest BCUT2D eigenvalue weighted by atomic mass is 9.83. The van der Waals surface area contributed by atoms with Gasteiger partial charge in [-0.1, -0.05) is 34.1 Å². The highest BCUT2D eigenvalue weighted by Crippen LogP contribution is 2.40. The number of fused-ring (bicyclic) bond motifs is 4. The van der Waals surface area contributed by atoms with Crippen molar-refractivity contribution >= 4 is 48.9 Å². The molecule has 0 radical (unpaired) electrons. The van der Waals surface area contributed by atoms with Gasteiger partial charge in [-0.05, 0) is 73.0 Å². The van der Waals surface area contributed by atoms with Crippen molar-refractivity contribution in [3.8, 4) is 5.75 Å². The minimum atomic E-state index is -3.96. The molecule has 2 bridgehead atoms. The van der Waals surface area contributed by atoms with Crippen LogP contribution in [0, 0.1) is 5.92 Å². The van der Waals surface area contributed by atoms with Crippen LogP contribution >= 0.6 is 15.9 Å². The number of carbonyl (C=O) groups is 1. The zero-order chi connectivity index (χ0) is 32.7. The molecule has 0 aliphatic carbocycles. The van der Waals surface area contributed by atoms with Crippen LogP contribution in [0.3, 0.4) is 0 Å². The number of nitrogens with one attached hydrogen (secondary N) is 1. The minimum absolute atomic E-state index is 0.0141. The number of aromatic nitrogens is 1. The Labute approximate surface area is 282 Å². The fraction of sp³-hybridized carbons (Fsp3) is 0.314. The van der Waals surface area contributed by atoms with Gasteiger partial charge in [0.25, 0.3) is 21.5 Å². The molecule has 3 aliphatic rings. The summed E-state index contributed by atoms with van der Waals surface area (Å²) in [5.41, 5.74) is 3.51. The van der Waals surface area contributed by atoms with E-state index in [1.165, 1.54) is 0 Å². The van der Waals surface area contributed by atoms with Crippen molar-refractivity contribution in [2.75, 3.05) is 60.9 Å². The van der Waals surface area contributed by atoms with E-state index in [1.807, 2.05) is 51.9 Å². The lowest BCUT2D eigenvalue weighted by molar-refractivity contribution is 0.0746. The second-order valence-electron chi connectivity index (χ2n) is 12.3. The number of hydrogen-bond acceptors (Lipinski definition) is 7. The fourth-order valence-electron chi connectivity index (χ4n) is 7.16. The molecule has 0 spiro atoms. The number of carbonyl (C=O) groups excluding carboxylic acids is 1. The molecule has 2 unspecified atom stereocenters. The largest absolute Gasteiger partial charge is 0.495 e. The summed E-state index contributed by atoms with van der Waals surface area (Å²) < 4.78 is 38.3. The zero-order valence-electron chi connectivity index (χ0n) is 26.0. The van der Waals surface area contributed by atoms with Gasteiger partial charge in [0.2, 0.25) is 0 Å². The highest BCUT2D eigenvalue weighted by Gasteiger charge is 2.36. The van der Waals surface area contributed by atoms with Gasteiger partial charge < -0.3 is 24.0 Å². The third-order valence-corrected chi connectivity index (χ3v) is 11.3. The molecule has 47 heavy (non-hydrogen) atoms. The number of para-hydroxylation sites is 2. The molecule has 1 N–H and O–H groups in total. The number of amides is 1. The number of rotatable bonds is 7. The van der Waals surface area contributed by atoms with Crippen LogP contribution in [0.2, 0.25) is 0 Å². The Kier molecular flexibility index (Phi) is 8.48. The van der Waals surface area contributed by atoms with E-state index < -0.39 is 10.0 Å². The normalized spacial score (nSPS) is 19.2. The maximum atomic E-state index is 13.9. The first kappa shape index (κ1) is 31.3. The highest BCUT2D eigenvalue weighted by atomic mass is 79.9. The Balaban J connectivity index is 1.17. The van der Waals surface area contributed by atoms with E-state index in [9.17, 15) is 18.0 Å². The van der Waals surface area contributed by atoms with Crippen LogP contribution in [0.5, 0.6) is 5.75 Å². The average molecular weight is 719 g/mol. The van der Waals surface area contributed by atoms with Crippen LogP contribution < -0.4 is 24.8 Å². The number of anilines is 3. The molecule has 4 aromatic rings. The fourth-order valence-corrected chi connectivity index (χ4v) is 8.49. The number of methoxy groups -OCH3 is 1. The molecule has 7 rings (SSSR count). The van der Waals surface area contributed by atoms with Gasteiger partial charge in [-0.2, -0.15) is 0 Å². The number of ether oxygens (including phenoxy) is 1. The van der Waals surface area contributed by atoms with Gasteiger partial charge >= 0.3 is 0 Å². The molecule has 2 fully saturated rings. The summed E-state index contributed by atoms with van der Waals surface area (Å²) in [5, 5.41) is 0. The monoisotopic (exact) mass is 717 g/mol. The van der Waals surface area contributed by atoms with Crippen LogP contribution in [-0.2, 0) is 16.6 Å². The third kappa shape index (κ3) is 6.23. The van der Waals surface area contributed by atoms with Crippen LogP contribution in [0.4, 0.5) is 17.1 Å². The van der Waals surface area contributed by atoms with Crippen molar-refractivity contribution in [3.63, 3.8) is 0 Å². The van der Waals surface area contributed by atoms with Gasteiger partial charge in [-0.3, -0.25) is 14.3 Å². The van der Waals surface area contributed by atoms with E-state index in [-0.39, 0.29) is 28.2 Å². The Hall–Kier alpha value is -4.29. The summed E-state index contributed by atoms with van der Waals surface area (Å²) in [5.74, 6) is 1.01. The molecule has 12 heteroatoms. The number of pyridine rings is 1. The Morgan fingerprint density at radius 3 is 2.38 bits per heavy atom. The van der Waals surface area contributed by atoms with E-state index >= 15 is 0 Å². The summed E-state index contributed by atoms with van der Waals surface area (Å²) in [6.45, 7) is 4.26. The van der Waals surface area contributed by atoms with Crippen molar-refractivity contribution in [2.45, 2.75) is 23.8 Å². The molecule has 4 heterocycles. The first-order valence-corrected chi connectivity index (χ1v) is 18.0. The molecule has 1 aromatic heterocycles. The van der Waals surface area contributed by atoms with Crippen LogP contribution in [0.15, 0.2) is 99.1 Å². The van der Waals surface area contributed by atoms with Gasteiger partial charge in [0.15, 0.2) is 0 Å². The quantitative estimate of drug-likeness (QED) is 0.287. The van der Waals surface area contributed by atoms with Gasteiger partial charge in [-0.25, -0.2) is 8.42 Å². The van der Waals surface area contributed by atoms with Crippen LogP contribution in [0.25, 0.3) is 0 Å². The molecule has 3 aromatic carbocycles. The molecular weight excluding hydrogens is 682 g/mol. The number of piperazine rings is 1. The molecular formula is C35H36BrN5O5S. The summed E-state index contributed by atoms with van der Waals surface area (Å²) in [6.07, 6.45) is 0.970. The Bertz CT molecular complexity index is 1980. The Morgan fingerprint density at radius 2 is 1.62 bits per heavy atom. The predicted molar refractivity (Wildman–Crippen MR) is 186 cm³/mol. The molecule has 2 saturated heterocycles. The summed E-state index contributed by atoms with van der Waals surface area (Å²) in [7, 11) is -2.31. The summed E-state index contributed by atoms with van der Waals surface area (Å²) in [6, 6.07) is 25.1. The first-order chi connectivity index (χ1) is 22.7. The predicted octanol–water partition coefficient (Wildman–Crippen LogP) is 5.01. The van der Waals surface area contributed by atoms with Crippen molar-refractivity contribution in [1.82, 2.24) is 9.47 Å². The smallest absolute Gasteiger partial charge is 0.261 e. The Morgan fingerprint density at radius 1 is 0.851 bits per heavy atom. The van der Waals surface area contributed by atoms with Crippen molar-refractivity contribution in [2.24, 2.45) is 5.92 Å². The van der Waals surface area contributed by atoms with Crippen LogP contribution in [0.1, 0.15) is 28.4 Å². The summed E-state index contributed by atoms with van der Waals surface area (Å²) >= 11 is 3.37. The van der Waals surface area contributed by atoms with Gasteiger partial charge in [-0.15, -0.1) is 0 Å². The second-order valence-corrected chi connectivity index (χ2v) is 14.9. The molecule has 244 valence electrons. The number of benzene rings is 3. The van der Waals surface area contributed by atoms with Crippen molar-refractivity contribution in [3.05, 3.63) is 111 Å². The van der Waals surface area contributed by atoms with E-state index in [4.69, 9.17) is 4.74 Å². The lowest BCUT2D eigenvalue weighted by Gasteiger charge is -2.44. The maximum absolute atomic E-state index is 13.9. The second kappa shape index (κ2) is 12.7. The van der Waals surface area contributed by atoms with Crippen molar-refractivity contribution in [1.29, 1.82) is 0 Å². The highest BCUT2D eigenvalue weighted by molar-refractivity contribution is 9.10. The van der Waals surface area contributed by atoms with E-state index in [1.54, 1.807) is 49.6 Å². The molecule has 1 amide bonds. The van der Waals surface area contributed by atoms with E-state index in [2.05, 4.69) is 30.5 Å². The number of halogens is 1. The molecule has 10 nitrogen and oxygen atoms in total. The molecule has 3 aliphatic heterocycles. The standard InChI is InChI=1S/C35H36BrN5O5S/c1-46-33-7-3-2-5-32(33)38-15-17-39(18-16-38)35(43)25-9-14-31(29(20-25)37-47(44,45)28-12-10-27(36)11-13-28)40-21-24-19-26(23-40)30-6-4-8-34(42)41(30)22-24/h2-14,20,24,26,37H,15-19,21-23H2,1H3. The van der Waals surface area contributed by atoms with E-state index in [0.29, 0.717) is 62.8 Å². The number of nitrogens with zero attached hydrogens (tertiary/aromatic N) is 4. The SMILES string of the molecule is COc1ccccc1N1CCN(C(=O)c2ccc(N3CC4CC(C3)c3cccc(=O)n3C4)c(NS(=O)(=O)c3ccc(Br)cc3)c2)CC1. The van der Waals surface area contributed by atoms with Gasteiger partial charge in [0, 0.05) is 73.5 Å². The number of hydrogen-bond donors (Lipinski definition) is 1. The van der Waals surface area contributed by atoms with E-state index in [0.717, 1.165) is 28.0 Å². The molecule has 2 atom stereocenters. The third-order valence-electron chi connectivity index (χ3n) is 9.42. The van der Waals surface area contributed by atoms with Crippen LogP contribution in [-0.4, -0.2) is 70.2 Å². The van der Waals surface area contributed by atoms with Crippen molar-refractivity contribution < 1.29 is 17.9 Å². The topological polar surface area (TPSA) is 104 Å². The van der Waals surface area contributed by atoms with Gasteiger partial charge in [0.1, 0.15) is 5.75 Å². The maximum Gasteiger partial charge on any atom is 0.261 e. The lowest BCUT2D eigenvalue weighted by Crippen LogP contribution is -2.49. The number of piperidine rings is 1. The number of sulfonamides is 1. The molecule has 0 saturated carbocycles. The minimum Gasteiger partial charge on any atom is -0.495 e. The van der Waals surface area contributed by atoms with Gasteiger partial charge in [0.05, 0.1) is 29.1 Å². The first-order valence-electron chi connectivity index (χ1n) is 15.7.